The maximum absolute atomic E-state index is 10.8. The van der Waals surface area contributed by atoms with Crippen LogP contribution in [0.5, 0.6) is 0 Å². The first-order chi connectivity index (χ1) is 7.50. The number of carboxylic acids is 1. The molecule has 1 amide bonds. The van der Waals surface area contributed by atoms with Crippen molar-refractivity contribution in [2.24, 2.45) is 11.7 Å². The molecule has 0 aliphatic carbocycles. The van der Waals surface area contributed by atoms with Crippen LogP contribution in [0.4, 0.5) is 0 Å². The van der Waals surface area contributed by atoms with Crippen LogP contribution < -0.4 is 5.73 Å². The zero-order chi connectivity index (χ0) is 12.1. The van der Waals surface area contributed by atoms with Gasteiger partial charge < -0.3 is 10.8 Å². The van der Waals surface area contributed by atoms with E-state index >= 15 is 0 Å². The van der Waals surface area contributed by atoms with Crippen molar-refractivity contribution in [1.82, 2.24) is 4.98 Å². The molecule has 1 atom stereocenters. The molecule has 0 aliphatic heterocycles. The standard InChI is InChI=1S/C10H12N2O3S/c1-6(9(11)13)5-16-8-4-7(10(14)15)2-3-12-8/h2-4,6H,5H2,1H3,(H2,11,13)(H,14,15). The second-order valence-corrected chi connectivity index (χ2v) is 4.34. The first kappa shape index (κ1) is 12.5. The summed E-state index contributed by atoms with van der Waals surface area (Å²) in [6.07, 6.45) is 1.43. The Morgan fingerprint density at radius 2 is 2.31 bits per heavy atom. The van der Waals surface area contributed by atoms with Gasteiger partial charge in [-0.15, -0.1) is 11.8 Å². The fourth-order valence-electron chi connectivity index (χ4n) is 0.914. The van der Waals surface area contributed by atoms with E-state index in [0.717, 1.165) is 0 Å². The number of pyridine rings is 1. The quantitative estimate of drug-likeness (QED) is 0.749. The third-order valence-electron chi connectivity index (χ3n) is 1.95. The Bertz CT molecular complexity index is 409. The number of aromatic carboxylic acids is 1. The number of aromatic nitrogens is 1. The van der Waals surface area contributed by atoms with Gasteiger partial charge in [0.25, 0.3) is 0 Å². The molecule has 0 fully saturated rings. The lowest BCUT2D eigenvalue weighted by atomic mass is 10.2. The third kappa shape index (κ3) is 3.54. The Labute approximate surface area is 97.1 Å². The molecule has 1 unspecified atom stereocenters. The molecule has 0 aliphatic rings. The van der Waals surface area contributed by atoms with E-state index in [1.54, 1.807) is 6.92 Å². The van der Waals surface area contributed by atoms with Gasteiger partial charge in [-0.2, -0.15) is 0 Å². The molecule has 1 aromatic rings. The van der Waals surface area contributed by atoms with Crippen LogP contribution in [0.3, 0.4) is 0 Å². The van der Waals surface area contributed by atoms with Crippen molar-refractivity contribution in [3.63, 3.8) is 0 Å². The fraction of sp³-hybridized carbons (Fsp3) is 0.300. The molecule has 0 spiro atoms. The van der Waals surface area contributed by atoms with E-state index in [1.807, 2.05) is 0 Å². The number of nitrogens with two attached hydrogens (primary N) is 1. The summed E-state index contributed by atoms with van der Waals surface area (Å²) in [6, 6.07) is 2.89. The van der Waals surface area contributed by atoms with Crippen LogP contribution in [0.2, 0.25) is 0 Å². The van der Waals surface area contributed by atoms with Crippen LogP contribution in [0, 0.1) is 5.92 Å². The molecule has 1 aromatic heterocycles. The summed E-state index contributed by atoms with van der Waals surface area (Å²) in [5, 5.41) is 9.34. The summed E-state index contributed by atoms with van der Waals surface area (Å²) in [5.41, 5.74) is 5.30. The van der Waals surface area contributed by atoms with Gasteiger partial charge in [0.2, 0.25) is 5.91 Å². The number of amides is 1. The van der Waals surface area contributed by atoms with E-state index < -0.39 is 5.97 Å². The average molecular weight is 240 g/mol. The summed E-state index contributed by atoms with van der Waals surface area (Å²) in [5.74, 6) is -1.14. The normalized spacial score (nSPS) is 12.1. The van der Waals surface area contributed by atoms with Crippen LogP contribution >= 0.6 is 11.8 Å². The largest absolute Gasteiger partial charge is 0.478 e. The van der Waals surface area contributed by atoms with Crippen molar-refractivity contribution >= 4 is 23.6 Å². The molecule has 5 nitrogen and oxygen atoms in total. The Morgan fingerprint density at radius 3 is 2.88 bits per heavy atom. The summed E-state index contributed by atoms with van der Waals surface area (Å²) in [6.45, 7) is 1.72. The lowest BCUT2D eigenvalue weighted by Gasteiger charge is -2.06. The van der Waals surface area contributed by atoms with Crippen LogP contribution in [-0.2, 0) is 4.79 Å². The summed E-state index contributed by atoms with van der Waals surface area (Å²) in [7, 11) is 0. The van der Waals surface area contributed by atoms with Crippen LogP contribution in [-0.4, -0.2) is 27.7 Å². The van der Waals surface area contributed by atoms with Gasteiger partial charge in [-0.25, -0.2) is 9.78 Å². The molecular formula is C10H12N2O3S. The summed E-state index contributed by atoms with van der Waals surface area (Å²) < 4.78 is 0. The fourth-order valence-corrected chi connectivity index (χ4v) is 1.84. The maximum Gasteiger partial charge on any atom is 0.335 e. The zero-order valence-electron chi connectivity index (χ0n) is 8.71. The minimum atomic E-state index is -0.993. The molecule has 86 valence electrons. The van der Waals surface area contributed by atoms with Gasteiger partial charge >= 0.3 is 5.97 Å². The molecule has 0 radical (unpaired) electrons. The van der Waals surface area contributed by atoms with Gasteiger partial charge in [0, 0.05) is 17.9 Å². The lowest BCUT2D eigenvalue weighted by molar-refractivity contribution is -0.120. The molecule has 16 heavy (non-hydrogen) atoms. The van der Waals surface area contributed by atoms with E-state index in [2.05, 4.69) is 4.98 Å². The Balaban J connectivity index is 2.64. The van der Waals surface area contributed by atoms with Crippen molar-refractivity contribution in [3.05, 3.63) is 23.9 Å². The summed E-state index contributed by atoms with van der Waals surface area (Å²) in [4.78, 5) is 25.5. The van der Waals surface area contributed by atoms with Crippen molar-refractivity contribution in [1.29, 1.82) is 0 Å². The van der Waals surface area contributed by atoms with Gasteiger partial charge in [0.15, 0.2) is 0 Å². The average Bonchev–Trinajstić information content (AvgIpc) is 2.26. The van der Waals surface area contributed by atoms with Crippen LogP contribution in [0.25, 0.3) is 0 Å². The summed E-state index contributed by atoms with van der Waals surface area (Å²) >= 11 is 1.31. The first-order valence-electron chi connectivity index (χ1n) is 4.62. The predicted octanol–water partition coefficient (Wildman–Crippen LogP) is 0.993. The highest BCUT2D eigenvalue weighted by Gasteiger charge is 2.10. The molecule has 0 bridgehead atoms. The SMILES string of the molecule is CC(CSc1cc(C(=O)O)ccn1)C(N)=O. The Kier molecular flexibility index (Phi) is 4.30. The number of primary amides is 1. The molecule has 3 N–H and O–H groups in total. The highest BCUT2D eigenvalue weighted by Crippen LogP contribution is 2.19. The van der Waals surface area contributed by atoms with Gasteiger partial charge in [-0.3, -0.25) is 4.79 Å². The van der Waals surface area contributed by atoms with E-state index in [4.69, 9.17) is 10.8 Å². The lowest BCUT2D eigenvalue weighted by Crippen LogP contribution is -2.22. The minimum absolute atomic E-state index is 0.184. The number of thioether (sulfide) groups is 1. The molecule has 6 heteroatoms. The topological polar surface area (TPSA) is 93.3 Å². The molecular weight excluding hydrogens is 228 g/mol. The van der Waals surface area contributed by atoms with Gasteiger partial charge in [-0.05, 0) is 12.1 Å². The molecule has 0 saturated heterocycles. The highest BCUT2D eigenvalue weighted by molar-refractivity contribution is 7.99. The zero-order valence-corrected chi connectivity index (χ0v) is 9.53. The Hall–Kier alpha value is -1.56. The van der Waals surface area contributed by atoms with Crippen molar-refractivity contribution in [2.45, 2.75) is 11.9 Å². The molecule has 0 aromatic carbocycles. The van der Waals surface area contributed by atoms with Crippen LogP contribution in [0.1, 0.15) is 17.3 Å². The van der Waals surface area contributed by atoms with E-state index in [1.165, 1.54) is 30.1 Å². The van der Waals surface area contributed by atoms with Crippen molar-refractivity contribution < 1.29 is 14.7 Å². The number of carbonyl (C=O) groups excluding carboxylic acids is 1. The van der Waals surface area contributed by atoms with Gasteiger partial charge in [0.1, 0.15) is 0 Å². The van der Waals surface area contributed by atoms with Gasteiger partial charge in [0.05, 0.1) is 10.6 Å². The highest BCUT2D eigenvalue weighted by atomic mass is 32.2. The number of rotatable bonds is 5. The molecule has 1 heterocycles. The Morgan fingerprint density at radius 1 is 1.62 bits per heavy atom. The second-order valence-electron chi connectivity index (χ2n) is 3.30. The van der Waals surface area contributed by atoms with Crippen LogP contribution in [0.15, 0.2) is 23.4 Å². The number of carboxylic acid groups (broad SMARTS) is 1. The maximum atomic E-state index is 10.8. The molecule has 0 saturated carbocycles. The first-order valence-corrected chi connectivity index (χ1v) is 5.60. The van der Waals surface area contributed by atoms with E-state index in [9.17, 15) is 9.59 Å². The molecule has 1 rings (SSSR count). The smallest absolute Gasteiger partial charge is 0.335 e. The monoisotopic (exact) mass is 240 g/mol. The van der Waals surface area contributed by atoms with E-state index in [0.29, 0.717) is 10.8 Å². The van der Waals surface area contributed by atoms with Crippen molar-refractivity contribution in [2.75, 3.05) is 5.75 Å². The van der Waals surface area contributed by atoms with E-state index in [-0.39, 0.29) is 17.4 Å². The van der Waals surface area contributed by atoms with Crippen molar-refractivity contribution in [3.8, 4) is 0 Å². The number of carbonyl (C=O) groups is 2. The number of hydrogen-bond donors (Lipinski definition) is 2. The minimum Gasteiger partial charge on any atom is -0.478 e. The van der Waals surface area contributed by atoms with Gasteiger partial charge in [-0.1, -0.05) is 6.92 Å². The number of nitrogens with zero attached hydrogens (tertiary/aromatic N) is 1. The third-order valence-corrected chi connectivity index (χ3v) is 3.13. The number of hydrogen-bond acceptors (Lipinski definition) is 4. The predicted molar refractivity (Wildman–Crippen MR) is 60.3 cm³/mol. The second kappa shape index (κ2) is 5.50.